The number of carbonyl (C=O) groups is 2. The zero-order chi connectivity index (χ0) is 17.4. The van der Waals surface area contributed by atoms with E-state index in [0.29, 0.717) is 0 Å². The Balaban J connectivity index is 1.76. The highest BCUT2D eigenvalue weighted by Gasteiger charge is 2.46. The zero-order valence-electron chi connectivity index (χ0n) is 13.4. The van der Waals surface area contributed by atoms with Crippen LogP contribution in [-0.4, -0.2) is 76.5 Å². The minimum Gasteiger partial charge on any atom is -0.394 e. The van der Waals surface area contributed by atoms with E-state index >= 15 is 0 Å². The predicted octanol–water partition coefficient (Wildman–Crippen LogP) is -2.25. The lowest BCUT2D eigenvalue weighted by Gasteiger charge is -2.32. The lowest BCUT2D eigenvalue weighted by molar-refractivity contribution is -0.123. The molecular formula is C14H21N5O5. The molecular weight excluding hydrogens is 318 g/mol. The van der Waals surface area contributed by atoms with Gasteiger partial charge >= 0.3 is 0 Å². The van der Waals surface area contributed by atoms with E-state index in [0.717, 1.165) is 0 Å². The van der Waals surface area contributed by atoms with Gasteiger partial charge < -0.3 is 19.8 Å². The summed E-state index contributed by atoms with van der Waals surface area (Å²) in [6, 6.07) is -0.737. The van der Waals surface area contributed by atoms with E-state index in [1.165, 1.54) is 6.34 Å². The van der Waals surface area contributed by atoms with Gasteiger partial charge in [0.25, 0.3) is 5.91 Å². The average molecular weight is 339 g/mol. The van der Waals surface area contributed by atoms with Gasteiger partial charge in [-0.05, 0) is 0 Å². The molecule has 0 bridgehead atoms. The number of guanidine groups is 1. The standard InChI is InChI=1S/C14H21N5O5/c1-6(2)12(22)17-14-16-11-10(13(23)18-14)15-5-19(11)9-3-7(21)8(4-20)24-9/h5-11,20-21H,3-4H2,1-2H3,(H2,16,17,18,22,23)/t7-,8-,9-,10+,11+/m0/s1. The quantitative estimate of drug-likeness (QED) is 0.459. The van der Waals surface area contributed by atoms with Gasteiger partial charge in [0.15, 0.2) is 12.2 Å². The Morgan fingerprint density at radius 1 is 1.58 bits per heavy atom. The maximum atomic E-state index is 12.2. The molecule has 0 spiro atoms. The summed E-state index contributed by atoms with van der Waals surface area (Å²) in [5.74, 6) is -0.805. The number of aliphatic imine (C=N–C) groups is 2. The van der Waals surface area contributed by atoms with Crippen molar-refractivity contribution in [3.63, 3.8) is 0 Å². The van der Waals surface area contributed by atoms with Gasteiger partial charge in [-0.25, -0.2) is 4.99 Å². The predicted molar refractivity (Wildman–Crippen MR) is 82.8 cm³/mol. The van der Waals surface area contributed by atoms with Gasteiger partial charge in [0, 0.05) is 12.3 Å². The molecule has 0 saturated carbocycles. The third-order valence-corrected chi connectivity index (χ3v) is 4.20. The van der Waals surface area contributed by atoms with Gasteiger partial charge in [0.05, 0.1) is 19.0 Å². The van der Waals surface area contributed by atoms with Crippen LogP contribution < -0.4 is 10.6 Å². The van der Waals surface area contributed by atoms with E-state index < -0.39 is 30.6 Å². The molecule has 0 aromatic carbocycles. The molecule has 10 nitrogen and oxygen atoms in total. The normalized spacial score (nSPS) is 35.0. The van der Waals surface area contributed by atoms with Crippen molar-refractivity contribution in [1.82, 2.24) is 15.5 Å². The van der Waals surface area contributed by atoms with Crippen molar-refractivity contribution in [3.05, 3.63) is 0 Å². The Morgan fingerprint density at radius 3 is 2.96 bits per heavy atom. The second-order valence-corrected chi connectivity index (χ2v) is 6.30. The van der Waals surface area contributed by atoms with Crippen molar-refractivity contribution in [1.29, 1.82) is 0 Å². The minimum absolute atomic E-state index is 0.0766. The number of aliphatic hydroxyl groups excluding tert-OH is 2. The molecule has 4 N–H and O–H groups in total. The lowest BCUT2D eigenvalue weighted by Crippen LogP contribution is -2.57. The Hall–Kier alpha value is -2.04. The first kappa shape index (κ1) is 16.8. The summed E-state index contributed by atoms with van der Waals surface area (Å²) in [6.07, 6.45) is -0.949. The Morgan fingerprint density at radius 2 is 2.33 bits per heavy atom. The molecule has 3 aliphatic heterocycles. The fraction of sp³-hybridized carbons (Fsp3) is 0.714. The number of fused-ring (bicyclic) bond motifs is 1. The van der Waals surface area contributed by atoms with Gasteiger partial charge in [0.2, 0.25) is 11.9 Å². The van der Waals surface area contributed by atoms with E-state index in [-0.39, 0.29) is 36.7 Å². The molecule has 2 amide bonds. The first-order valence-corrected chi connectivity index (χ1v) is 7.85. The number of amides is 2. The highest BCUT2D eigenvalue weighted by molar-refractivity contribution is 6.08. The van der Waals surface area contributed by atoms with Crippen molar-refractivity contribution in [3.8, 4) is 0 Å². The number of carbonyl (C=O) groups excluding carboxylic acids is 2. The Labute approximate surface area is 138 Å². The third-order valence-electron chi connectivity index (χ3n) is 4.20. The molecule has 5 atom stereocenters. The third kappa shape index (κ3) is 2.99. The van der Waals surface area contributed by atoms with Crippen molar-refractivity contribution in [2.45, 2.75) is 50.9 Å². The zero-order valence-corrected chi connectivity index (χ0v) is 13.4. The molecule has 24 heavy (non-hydrogen) atoms. The molecule has 0 aromatic rings. The van der Waals surface area contributed by atoms with E-state index in [1.54, 1.807) is 18.7 Å². The van der Waals surface area contributed by atoms with Crippen molar-refractivity contribution < 1.29 is 24.5 Å². The van der Waals surface area contributed by atoms with Crippen LogP contribution in [0.3, 0.4) is 0 Å². The largest absolute Gasteiger partial charge is 0.394 e. The molecule has 3 aliphatic rings. The number of aliphatic hydroxyl groups is 2. The summed E-state index contributed by atoms with van der Waals surface area (Å²) in [5, 5.41) is 24.1. The van der Waals surface area contributed by atoms with Gasteiger partial charge in [-0.3, -0.25) is 25.2 Å². The van der Waals surface area contributed by atoms with Gasteiger partial charge in [-0.1, -0.05) is 13.8 Å². The van der Waals surface area contributed by atoms with Crippen LogP contribution in [0.1, 0.15) is 20.3 Å². The number of rotatable bonds is 3. The summed E-state index contributed by atoms with van der Waals surface area (Å²) in [4.78, 5) is 34.1. The highest BCUT2D eigenvalue weighted by atomic mass is 16.5. The van der Waals surface area contributed by atoms with Crippen LogP contribution in [-0.2, 0) is 14.3 Å². The molecule has 0 aromatic heterocycles. The second-order valence-electron chi connectivity index (χ2n) is 6.30. The number of hydrogen-bond donors (Lipinski definition) is 4. The van der Waals surface area contributed by atoms with Crippen LogP contribution in [0.25, 0.3) is 0 Å². The summed E-state index contributed by atoms with van der Waals surface area (Å²) in [5.41, 5.74) is 0. The van der Waals surface area contributed by atoms with Crippen LogP contribution in [0.15, 0.2) is 9.98 Å². The Kier molecular flexibility index (Phi) is 4.52. The maximum absolute atomic E-state index is 12.2. The molecule has 10 heteroatoms. The number of nitrogens with zero attached hydrogens (tertiary/aromatic N) is 3. The minimum atomic E-state index is -0.797. The van der Waals surface area contributed by atoms with Crippen LogP contribution in [0.2, 0.25) is 0 Å². The van der Waals surface area contributed by atoms with E-state index in [2.05, 4.69) is 20.6 Å². The molecule has 0 radical (unpaired) electrons. The van der Waals surface area contributed by atoms with Gasteiger partial charge in [-0.2, -0.15) is 0 Å². The molecule has 132 valence electrons. The monoisotopic (exact) mass is 339 g/mol. The van der Waals surface area contributed by atoms with Crippen LogP contribution in [0.4, 0.5) is 0 Å². The molecule has 1 saturated heterocycles. The van der Waals surface area contributed by atoms with Crippen molar-refractivity contribution in [2.75, 3.05) is 6.61 Å². The summed E-state index contributed by atoms with van der Waals surface area (Å²) in [7, 11) is 0. The fourth-order valence-corrected chi connectivity index (χ4v) is 2.79. The average Bonchev–Trinajstić information content (AvgIpc) is 3.10. The molecule has 1 fully saturated rings. The number of nitrogens with one attached hydrogen (secondary N) is 2. The highest BCUT2D eigenvalue weighted by Crippen LogP contribution is 2.29. The van der Waals surface area contributed by atoms with Crippen LogP contribution in [0, 0.1) is 5.92 Å². The number of ether oxygens (including phenoxy) is 1. The topological polar surface area (TPSA) is 136 Å². The van der Waals surface area contributed by atoms with Crippen molar-refractivity contribution >= 4 is 24.1 Å². The molecule has 0 aliphatic carbocycles. The van der Waals surface area contributed by atoms with E-state index in [9.17, 15) is 19.8 Å². The summed E-state index contributed by atoms with van der Waals surface area (Å²) >= 11 is 0. The first-order valence-electron chi connectivity index (χ1n) is 7.85. The van der Waals surface area contributed by atoms with E-state index in [4.69, 9.17) is 4.74 Å². The number of hydrogen-bond acceptors (Lipinski definition) is 8. The van der Waals surface area contributed by atoms with Gasteiger partial charge in [-0.15, -0.1) is 0 Å². The first-order chi connectivity index (χ1) is 11.4. The SMILES string of the molecule is CC(C)C(=O)NC1=N[C@H]2[C@@H](N=CN2[C@@H]2C[C@H](O)[C@H](CO)O2)C(=O)N1. The second kappa shape index (κ2) is 6.46. The summed E-state index contributed by atoms with van der Waals surface area (Å²) in [6.45, 7) is 3.17. The van der Waals surface area contributed by atoms with Crippen LogP contribution >= 0.6 is 0 Å². The molecule has 0 unspecified atom stereocenters. The van der Waals surface area contributed by atoms with Gasteiger partial charge in [0.1, 0.15) is 12.3 Å². The molecule has 3 rings (SSSR count). The maximum Gasteiger partial charge on any atom is 0.255 e. The lowest BCUT2D eigenvalue weighted by atomic mass is 10.1. The van der Waals surface area contributed by atoms with Crippen molar-refractivity contribution in [2.24, 2.45) is 15.9 Å². The Bertz CT molecular complexity index is 592. The van der Waals surface area contributed by atoms with Crippen LogP contribution in [0.5, 0.6) is 0 Å². The fourth-order valence-electron chi connectivity index (χ4n) is 2.79. The van der Waals surface area contributed by atoms with E-state index in [1.807, 2.05) is 0 Å². The summed E-state index contributed by atoms with van der Waals surface area (Å²) < 4.78 is 5.59. The molecule has 3 heterocycles. The smallest absolute Gasteiger partial charge is 0.255 e.